The molecule has 2 N–H and O–H groups in total. The lowest BCUT2D eigenvalue weighted by atomic mass is 10.0. The van der Waals surface area contributed by atoms with Crippen molar-refractivity contribution in [3.05, 3.63) is 28.8 Å². The van der Waals surface area contributed by atoms with E-state index in [1.807, 2.05) is 25.1 Å². The van der Waals surface area contributed by atoms with Crippen molar-refractivity contribution in [2.45, 2.75) is 24.3 Å². The molecule has 2 rings (SSSR count). The first-order valence-corrected chi connectivity index (χ1v) is 8.10. The van der Waals surface area contributed by atoms with E-state index in [0.717, 1.165) is 17.7 Å². The lowest BCUT2D eigenvalue weighted by Gasteiger charge is -2.29. The summed E-state index contributed by atoms with van der Waals surface area (Å²) in [4.78, 5) is 15.0. The van der Waals surface area contributed by atoms with Crippen LogP contribution in [0.3, 0.4) is 0 Å². The van der Waals surface area contributed by atoms with Crippen LogP contribution in [0.4, 0.5) is 4.79 Å². The number of likely N-dealkylation sites (N-methyl/N-ethyl adjacent to an activating group) is 1. The molecule has 1 unspecified atom stereocenters. The number of halogens is 1. The number of nitrogens with one attached hydrogen (secondary N) is 1. The van der Waals surface area contributed by atoms with Crippen molar-refractivity contribution < 1.29 is 9.90 Å². The Morgan fingerprint density at radius 3 is 3.10 bits per heavy atom. The average Bonchev–Trinajstić information content (AvgIpc) is 2.45. The second-order valence-corrected chi connectivity index (χ2v) is 6.20. The van der Waals surface area contributed by atoms with Gasteiger partial charge >= 0.3 is 6.03 Å². The van der Waals surface area contributed by atoms with Crippen LogP contribution in [0.5, 0.6) is 0 Å². The molecule has 20 heavy (non-hydrogen) atoms. The topological polar surface area (TPSA) is 52.6 Å². The molecule has 1 heterocycles. The Balaban J connectivity index is 2.11. The summed E-state index contributed by atoms with van der Waals surface area (Å²) >= 11 is 7.84. The number of aliphatic hydroxyl groups is 1. The maximum absolute atomic E-state index is 12.2. The predicted octanol–water partition coefficient (Wildman–Crippen LogP) is 2.90. The SMILES string of the molecule is CCN(CCO)C(=O)NC1CCSc2ccc(Cl)cc21. The molecule has 0 fully saturated rings. The number of hydrogen-bond acceptors (Lipinski definition) is 3. The van der Waals surface area contributed by atoms with E-state index >= 15 is 0 Å². The smallest absolute Gasteiger partial charge is 0.317 e. The summed E-state index contributed by atoms with van der Waals surface area (Å²) in [6.45, 7) is 2.81. The van der Waals surface area contributed by atoms with Gasteiger partial charge in [0.25, 0.3) is 0 Å². The summed E-state index contributed by atoms with van der Waals surface area (Å²) in [6, 6.07) is 5.67. The summed E-state index contributed by atoms with van der Waals surface area (Å²) in [7, 11) is 0. The minimum atomic E-state index is -0.135. The Morgan fingerprint density at radius 1 is 1.60 bits per heavy atom. The molecule has 2 amide bonds. The lowest BCUT2D eigenvalue weighted by Crippen LogP contribution is -2.43. The van der Waals surface area contributed by atoms with Gasteiger partial charge in [0.2, 0.25) is 0 Å². The number of thioether (sulfide) groups is 1. The zero-order valence-corrected chi connectivity index (χ0v) is 13.0. The van der Waals surface area contributed by atoms with Crippen molar-refractivity contribution >= 4 is 29.4 Å². The van der Waals surface area contributed by atoms with Gasteiger partial charge in [0.05, 0.1) is 12.6 Å². The highest BCUT2D eigenvalue weighted by molar-refractivity contribution is 7.99. The van der Waals surface area contributed by atoms with Crippen LogP contribution in [0.2, 0.25) is 5.02 Å². The van der Waals surface area contributed by atoms with Crippen molar-refractivity contribution in [1.29, 1.82) is 0 Å². The second kappa shape index (κ2) is 7.20. The fraction of sp³-hybridized carbons (Fsp3) is 0.500. The molecule has 0 radical (unpaired) electrons. The first kappa shape index (κ1) is 15.5. The van der Waals surface area contributed by atoms with Crippen LogP contribution >= 0.6 is 23.4 Å². The molecule has 1 aromatic rings. The van der Waals surface area contributed by atoms with Gasteiger partial charge in [0.15, 0.2) is 0 Å². The van der Waals surface area contributed by atoms with E-state index < -0.39 is 0 Å². The molecule has 0 bridgehead atoms. The minimum absolute atomic E-state index is 0.00908. The Labute approximate surface area is 128 Å². The van der Waals surface area contributed by atoms with E-state index in [1.54, 1.807) is 16.7 Å². The zero-order valence-electron chi connectivity index (χ0n) is 11.4. The van der Waals surface area contributed by atoms with Gasteiger partial charge in [-0.1, -0.05) is 11.6 Å². The molecule has 1 atom stereocenters. The summed E-state index contributed by atoms with van der Waals surface area (Å²) in [5.74, 6) is 0.978. The quantitative estimate of drug-likeness (QED) is 0.898. The number of carbonyl (C=O) groups is 1. The first-order chi connectivity index (χ1) is 9.65. The third-order valence-electron chi connectivity index (χ3n) is 3.35. The van der Waals surface area contributed by atoms with E-state index in [9.17, 15) is 4.79 Å². The summed E-state index contributed by atoms with van der Waals surface area (Å²) < 4.78 is 0. The molecule has 1 aliphatic heterocycles. The fourth-order valence-corrected chi connectivity index (χ4v) is 3.57. The fourth-order valence-electron chi connectivity index (χ4n) is 2.28. The summed E-state index contributed by atoms with van der Waals surface area (Å²) in [6.07, 6.45) is 0.889. The number of hydrogen-bond donors (Lipinski definition) is 2. The first-order valence-electron chi connectivity index (χ1n) is 6.74. The van der Waals surface area contributed by atoms with Crippen LogP contribution < -0.4 is 5.32 Å². The standard InChI is InChI=1S/C14H19ClN2O2S/c1-2-17(6-7-18)14(19)16-12-5-8-20-13-4-3-10(15)9-11(12)13/h3-4,9,12,18H,2,5-8H2,1H3,(H,16,19). The molecule has 110 valence electrons. The van der Waals surface area contributed by atoms with Crippen LogP contribution in [0.15, 0.2) is 23.1 Å². The molecule has 0 aliphatic carbocycles. The van der Waals surface area contributed by atoms with Crippen LogP contribution in [-0.2, 0) is 0 Å². The van der Waals surface area contributed by atoms with Gasteiger partial charge in [-0.2, -0.15) is 0 Å². The second-order valence-electron chi connectivity index (χ2n) is 4.62. The predicted molar refractivity (Wildman–Crippen MR) is 82.4 cm³/mol. The van der Waals surface area contributed by atoms with Gasteiger partial charge in [-0.25, -0.2) is 4.79 Å². The molecule has 0 aromatic heterocycles. The van der Waals surface area contributed by atoms with Gasteiger partial charge in [-0.15, -0.1) is 11.8 Å². The molecule has 0 saturated heterocycles. The molecule has 1 aliphatic rings. The number of urea groups is 1. The van der Waals surface area contributed by atoms with Gasteiger partial charge in [-0.05, 0) is 37.1 Å². The van der Waals surface area contributed by atoms with Crippen LogP contribution in [0, 0.1) is 0 Å². The maximum Gasteiger partial charge on any atom is 0.317 e. The Kier molecular flexibility index (Phi) is 5.57. The number of benzene rings is 1. The van der Waals surface area contributed by atoms with Crippen LogP contribution in [0.1, 0.15) is 24.9 Å². The molecular weight excluding hydrogens is 296 g/mol. The average molecular weight is 315 g/mol. The highest BCUT2D eigenvalue weighted by Crippen LogP contribution is 2.37. The third kappa shape index (κ3) is 3.59. The van der Waals surface area contributed by atoms with Crippen LogP contribution in [-0.4, -0.2) is 41.5 Å². The van der Waals surface area contributed by atoms with Crippen molar-refractivity contribution in [2.24, 2.45) is 0 Å². The molecule has 6 heteroatoms. The Bertz CT molecular complexity index is 484. The number of nitrogens with zero attached hydrogens (tertiary/aromatic N) is 1. The lowest BCUT2D eigenvalue weighted by molar-refractivity contribution is 0.176. The molecule has 0 saturated carbocycles. The number of fused-ring (bicyclic) bond motifs is 1. The Morgan fingerprint density at radius 2 is 2.40 bits per heavy atom. The zero-order chi connectivity index (χ0) is 14.5. The van der Waals surface area contributed by atoms with Gasteiger partial charge < -0.3 is 15.3 Å². The van der Waals surface area contributed by atoms with Gasteiger partial charge in [0, 0.05) is 28.8 Å². The van der Waals surface area contributed by atoms with E-state index in [-0.39, 0.29) is 18.7 Å². The van der Waals surface area contributed by atoms with Gasteiger partial charge in [-0.3, -0.25) is 0 Å². The number of amides is 2. The third-order valence-corrected chi connectivity index (χ3v) is 4.71. The number of rotatable bonds is 4. The van der Waals surface area contributed by atoms with Crippen molar-refractivity contribution in [1.82, 2.24) is 10.2 Å². The highest BCUT2D eigenvalue weighted by Gasteiger charge is 2.24. The van der Waals surface area contributed by atoms with Crippen molar-refractivity contribution in [3.63, 3.8) is 0 Å². The normalized spacial score (nSPS) is 17.4. The Hall–Kier alpha value is -0.910. The molecule has 0 spiro atoms. The van der Waals surface area contributed by atoms with Crippen LogP contribution in [0.25, 0.3) is 0 Å². The monoisotopic (exact) mass is 314 g/mol. The summed E-state index contributed by atoms with van der Waals surface area (Å²) in [5.41, 5.74) is 1.09. The minimum Gasteiger partial charge on any atom is -0.395 e. The number of carbonyl (C=O) groups excluding carboxylic acids is 1. The van der Waals surface area contributed by atoms with Gasteiger partial charge in [0.1, 0.15) is 0 Å². The molecule has 1 aromatic carbocycles. The van der Waals surface area contributed by atoms with Crippen molar-refractivity contribution in [2.75, 3.05) is 25.4 Å². The number of aliphatic hydroxyl groups excluding tert-OH is 1. The van der Waals surface area contributed by atoms with E-state index in [4.69, 9.17) is 16.7 Å². The van der Waals surface area contributed by atoms with E-state index in [1.165, 1.54) is 4.90 Å². The largest absolute Gasteiger partial charge is 0.395 e. The maximum atomic E-state index is 12.2. The van der Waals surface area contributed by atoms with E-state index in [2.05, 4.69) is 5.32 Å². The highest BCUT2D eigenvalue weighted by atomic mass is 35.5. The molecular formula is C14H19ClN2O2S. The van der Waals surface area contributed by atoms with E-state index in [0.29, 0.717) is 18.1 Å². The molecule has 4 nitrogen and oxygen atoms in total. The van der Waals surface area contributed by atoms with Crippen molar-refractivity contribution in [3.8, 4) is 0 Å². The summed E-state index contributed by atoms with van der Waals surface area (Å²) in [5, 5.41) is 12.7.